The predicted molar refractivity (Wildman–Crippen MR) is 58.0 cm³/mol. The molecule has 3 nitrogen and oxygen atoms in total. The summed E-state index contributed by atoms with van der Waals surface area (Å²) in [5.41, 5.74) is -1.31. The number of hydrogen-bond acceptors (Lipinski definition) is 3. The molecule has 2 rings (SSSR count). The van der Waals surface area contributed by atoms with Gasteiger partial charge in [-0.2, -0.15) is 0 Å². The van der Waals surface area contributed by atoms with Crippen molar-refractivity contribution in [3.8, 4) is 0 Å². The molecule has 0 aromatic rings. The van der Waals surface area contributed by atoms with Crippen molar-refractivity contribution in [2.24, 2.45) is 16.7 Å². The first-order valence-electron chi connectivity index (χ1n) is 5.51. The van der Waals surface area contributed by atoms with Crippen LogP contribution in [0.4, 0.5) is 0 Å². The van der Waals surface area contributed by atoms with Crippen molar-refractivity contribution in [2.75, 3.05) is 5.75 Å². The van der Waals surface area contributed by atoms with Crippen molar-refractivity contribution in [1.29, 1.82) is 0 Å². The van der Waals surface area contributed by atoms with E-state index in [1.54, 1.807) is 6.92 Å². The van der Waals surface area contributed by atoms with Gasteiger partial charge in [-0.15, -0.1) is 0 Å². The van der Waals surface area contributed by atoms with Crippen LogP contribution in [0.3, 0.4) is 0 Å². The van der Waals surface area contributed by atoms with Gasteiger partial charge in [-0.1, -0.05) is 24.9 Å². The average molecular weight is 231 g/mol. The Morgan fingerprint density at radius 3 is 2.40 bits per heavy atom. The SMILES string of the molecule is CC1(O)CC2CCC1(CS(=O)[O-])C2(C)C. The number of hydrogen-bond donors (Lipinski definition) is 1. The predicted octanol–water partition coefficient (Wildman–Crippen LogP) is 1.44. The first kappa shape index (κ1) is 11.6. The van der Waals surface area contributed by atoms with Crippen LogP contribution in [0.5, 0.6) is 0 Å². The Bertz CT molecular complexity index is 311. The topological polar surface area (TPSA) is 60.4 Å². The Morgan fingerprint density at radius 1 is 1.47 bits per heavy atom. The maximum atomic E-state index is 11.0. The lowest BCUT2D eigenvalue weighted by atomic mass is 9.65. The van der Waals surface area contributed by atoms with Crippen LogP contribution in [0.1, 0.15) is 40.0 Å². The van der Waals surface area contributed by atoms with Crippen molar-refractivity contribution in [1.82, 2.24) is 0 Å². The Balaban J connectivity index is 2.44. The van der Waals surface area contributed by atoms with Crippen LogP contribution in [0.2, 0.25) is 0 Å². The van der Waals surface area contributed by atoms with E-state index in [0.29, 0.717) is 5.92 Å². The summed E-state index contributed by atoms with van der Waals surface area (Å²) < 4.78 is 22.0. The minimum atomic E-state index is -2.07. The lowest BCUT2D eigenvalue weighted by Gasteiger charge is -2.46. The van der Waals surface area contributed by atoms with Crippen LogP contribution in [-0.2, 0) is 11.1 Å². The van der Waals surface area contributed by atoms with Crippen molar-refractivity contribution in [3.05, 3.63) is 0 Å². The largest absolute Gasteiger partial charge is 0.772 e. The van der Waals surface area contributed by atoms with E-state index in [1.807, 2.05) is 0 Å². The Hall–Kier alpha value is 0.0700. The van der Waals surface area contributed by atoms with E-state index in [4.69, 9.17) is 0 Å². The highest BCUT2D eigenvalue weighted by atomic mass is 32.2. The highest BCUT2D eigenvalue weighted by Crippen LogP contribution is 2.69. The van der Waals surface area contributed by atoms with Crippen LogP contribution in [0.25, 0.3) is 0 Å². The molecule has 0 radical (unpaired) electrons. The fourth-order valence-corrected chi connectivity index (χ4v) is 5.33. The molecular formula is C11H19O3S-. The zero-order valence-corrected chi connectivity index (χ0v) is 10.4. The van der Waals surface area contributed by atoms with Gasteiger partial charge in [0.15, 0.2) is 0 Å². The second-order valence-electron chi connectivity index (χ2n) is 5.97. The van der Waals surface area contributed by atoms with E-state index in [9.17, 15) is 13.9 Å². The van der Waals surface area contributed by atoms with Gasteiger partial charge >= 0.3 is 0 Å². The van der Waals surface area contributed by atoms with Gasteiger partial charge in [-0.05, 0) is 37.5 Å². The molecule has 2 aliphatic rings. The molecular weight excluding hydrogens is 212 g/mol. The number of fused-ring (bicyclic) bond motifs is 2. The summed E-state index contributed by atoms with van der Waals surface area (Å²) in [5.74, 6) is 0.569. The van der Waals surface area contributed by atoms with Gasteiger partial charge in [0.05, 0.1) is 5.60 Å². The smallest absolute Gasteiger partial charge is 0.0692 e. The van der Waals surface area contributed by atoms with E-state index in [-0.39, 0.29) is 11.2 Å². The molecule has 0 aromatic heterocycles. The Morgan fingerprint density at radius 2 is 2.07 bits per heavy atom. The first-order chi connectivity index (χ1) is 6.73. The number of rotatable bonds is 2. The Kier molecular flexibility index (Phi) is 2.35. The van der Waals surface area contributed by atoms with Crippen LogP contribution in [0, 0.1) is 16.7 Å². The summed E-state index contributed by atoms with van der Waals surface area (Å²) in [6, 6.07) is 0. The summed E-state index contributed by atoms with van der Waals surface area (Å²) in [6.45, 7) is 6.03. The molecule has 4 atom stereocenters. The van der Waals surface area contributed by atoms with E-state index in [0.717, 1.165) is 19.3 Å². The molecule has 88 valence electrons. The summed E-state index contributed by atoms with van der Waals surface area (Å²) in [6.07, 6.45) is 2.64. The zero-order chi connectivity index (χ0) is 11.5. The second-order valence-corrected chi connectivity index (χ2v) is 6.86. The van der Waals surface area contributed by atoms with E-state index >= 15 is 0 Å². The molecule has 2 aliphatic carbocycles. The zero-order valence-electron chi connectivity index (χ0n) is 9.58. The average Bonchev–Trinajstić information content (AvgIpc) is 2.33. The van der Waals surface area contributed by atoms with E-state index in [2.05, 4.69) is 13.8 Å². The molecule has 4 heteroatoms. The van der Waals surface area contributed by atoms with Gasteiger partial charge in [-0.25, -0.2) is 0 Å². The van der Waals surface area contributed by atoms with Gasteiger partial charge in [-0.3, -0.25) is 4.21 Å². The molecule has 2 fully saturated rings. The minimum Gasteiger partial charge on any atom is -0.772 e. The summed E-state index contributed by atoms with van der Waals surface area (Å²) in [7, 11) is 0. The summed E-state index contributed by atoms with van der Waals surface area (Å²) in [5, 5.41) is 10.4. The van der Waals surface area contributed by atoms with Crippen LogP contribution in [0.15, 0.2) is 0 Å². The maximum Gasteiger partial charge on any atom is 0.0692 e. The highest BCUT2D eigenvalue weighted by molar-refractivity contribution is 7.79. The molecule has 0 heterocycles. The third-order valence-electron chi connectivity index (χ3n) is 5.21. The van der Waals surface area contributed by atoms with Gasteiger partial charge in [0.1, 0.15) is 0 Å². The van der Waals surface area contributed by atoms with Crippen LogP contribution < -0.4 is 0 Å². The van der Waals surface area contributed by atoms with Crippen molar-refractivity contribution in [2.45, 2.75) is 45.6 Å². The normalized spacial score (nSPS) is 49.5. The van der Waals surface area contributed by atoms with Gasteiger partial charge in [0.2, 0.25) is 0 Å². The minimum absolute atomic E-state index is 0.0590. The summed E-state index contributed by atoms with van der Waals surface area (Å²) in [4.78, 5) is 0. The fourth-order valence-electron chi connectivity index (χ4n) is 4.10. The first-order valence-corrected chi connectivity index (χ1v) is 6.76. The molecule has 15 heavy (non-hydrogen) atoms. The molecule has 0 amide bonds. The molecule has 0 spiro atoms. The molecule has 0 aliphatic heterocycles. The lowest BCUT2D eigenvalue weighted by Crippen LogP contribution is -2.50. The molecule has 2 bridgehead atoms. The van der Waals surface area contributed by atoms with Gasteiger partial charge in [0, 0.05) is 11.2 Å². The second kappa shape index (κ2) is 3.05. The maximum absolute atomic E-state index is 11.0. The fraction of sp³-hybridized carbons (Fsp3) is 1.00. The molecule has 2 saturated carbocycles. The van der Waals surface area contributed by atoms with Crippen molar-refractivity contribution in [3.63, 3.8) is 0 Å². The van der Waals surface area contributed by atoms with Crippen molar-refractivity contribution >= 4 is 11.1 Å². The molecule has 4 unspecified atom stereocenters. The molecule has 0 saturated heterocycles. The van der Waals surface area contributed by atoms with Crippen molar-refractivity contribution < 1.29 is 13.9 Å². The monoisotopic (exact) mass is 231 g/mol. The van der Waals surface area contributed by atoms with Crippen LogP contribution in [-0.4, -0.2) is 25.2 Å². The third-order valence-corrected chi connectivity index (χ3v) is 5.94. The van der Waals surface area contributed by atoms with E-state index < -0.39 is 22.1 Å². The van der Waals surface area contributed by atoms with Crippen LogP contribution >= 0.6 is 0 Å². The van der Waals surface area contributed by atoms with Gasteiger partial charge in [0.25, 0.3) is 0 Å². The standard InChI is InChI=1S/C11H20O3S/c1-9(2)8-4-5-11(9,7-15(13)14)10(3,12)6-8/h8,12H,4-7H2,1-3H3,(H,13,14)/p-1. The summed E-state index contributed by atoms with van der Waals surface area (Å²) >= 11 is -2.07. The third kappa shape index (κ3) is 1.28. The van der Waals surface area contributed by atoms with E-state index in [1.165, 1.54) is 0 Å². The Labute approximate surface area is 93.5 Å². The highest BCUT2D eigenvalue weighted by Gasteiger charge is 2.68. The quantitative estimate of drug-likeness (QED) is 0.732. The van der Waals surface area contributed by atoms with Gasteiger partial charge < -0.3 is 9.66 Å². The lowest BCUT2D eigenvalue weighted by molar-refractivity contribution is -0.0723. The molecule has 1 N–H and O–H groups in total. The number of aliphatic hydroxyl groups is 1. The molecule has 0 aromatic carbocycles.